The molecule has 1 aromatic heterocycles. The number of anilines is 1. The van der Waals surface area contributed by atoms with Gasteiger partial charge in [0.1, 0.15) is 5.82 Å². The Bertz CT molecular complexity index is 1410. The summed E-state index contributed by atoms with van der Waals surface area (Å²) in [7, 11) is 0. The van der Waals surface area contributed by atoms with Crippen LogP contribution in [-0.4, -0.2) is 16.2 Å². The molecule has 2 amide bonds. The Labute approximate surface area is 200 Å². The van der Waals surface area contributed by atoms with Crippen LogP contribution < -0.4 is 10.2 Å². The molecule has 6 nitrogen and oxygen atoms in total. The summed E-state index contributed by atoms with van der Waals surface area (Å²) in [6.07, 6.45) is 0. The minimum Gasteiger partial charge on any atom is -0.334 e. The van der Waals surface area contributed by atoms with Crippen molar-refractivity contribution in [2.45, 2.75) is 19.9 Å². The van der Waals surface area contributed by atoms with Gasteiger partial charge in [0.2, 0.25) is 5.82 Å². The predicted molar refractivity (Wildman–Crippen MR) is 129 cm³/mol. The molecule has 34 heavy (non-hydrogen) atoms. The van der Waals surface area contributed by atoms with Gasteiger partial charge in [0.25, 0.3) is 5.89 Å². The Morgan fingerprint density at radius 2 is 1.79 bits per heavy atom. The van der Waals surface area contributed by atoms with Gasteiger partial charge in [0.05, 0.1) is 17.3 Å². The third-order valence-electron chi connectivity index (χ3n) is 5.69. The summed E-state index contributed by atoms with van der Waals surface area (Å²) in [5, 5.41) is 7.67. The molecule has 0 radical (unpaired) electrons. The number of carbonyl (C=O) groups is 1. The topological polar surface area (TPSA) is 71.3 Å². The highest BCUT2D eigenvalue weighted by atomic mass is 35.5. The van der Waals surface area contributed by atoms with Crippen LogP contribution in [0.2, 0.25) is 5.02 Å². The summed E-state index contributed by atoms with van der Waals surface area (Å²) in [6, 6.07) is 19.8. The van der Waals surface area contributed by atoms with Gasteiger partial charge in [-0.2, -0.15) is 4.98 Å². The van der Waals surface area contributed by atoms with Gasteiger partial charge in [-0.05, 0) is 55.8 Å². The van der Waals surface area contributed by atoms with Gasteiger partial charge >= 0.3 is 6.03 Å². The Morgan fingerprint density at radius 1 is 1.03 bits per heavy atom. The fraction of sp³-hybridized carbons (Fsp3) is 0.115. The molecule has 1 unspecified atom stereocenters. The van der Waals surface area contributed by atoms with E-state index in [0.29, 0.717) is 33.4 Å². The third-order valence-corrected chi connectivity index (χ3v) is 5.92. The fourth-order valence-electron chi connectivity index (χ4n) is 4.09. The van der Waals surface area contributed by atoms with Gasteiger partial charge in [-0.3, -0.25) is 4.90 Å². The minimum atomic E-state index is -0.616. The molecule has 8 heteroatoms. The SMILES string of the molecule is CC1=C(c2nc(-c3cccc(C)c3)no2)C(c2ccc(F)cc2)NC(=O)N1c1cccc(Cl)c1. The first-order chi connectivity index (χ1) is 16.4. The number of carbonyl (C=O) groups excluding carboxylic acids is 1. The highest BCUT2D eigenvalue weighted by Crippen LogP contribution is 2.39. The lowest BCUT2D eigenvalue weighted by Crippen LogP contribution is -2.46. The van der Waals surface area contributed by atoms with Gasteiger partial charge in [0.15, 0.2) is 0 Å². The van der Waals surface area contributed by atoms with Gasteiger partial charge in [-0.1, -0.05) is 58.7 Å². The van der Waals surface area contributed by atoms with Crippen LogP contribution in [0.4, 0.5) is 14.9 Å². The first-order valence-corrected chi connectivity index (χ1v) is 11.0. The Balaban J connectivity index is 1.66. The Morgan fingerprint density at radius 3 is 2.53 bits per heavy atom. The number of hydrogen-bond donors (Lipinski definition) is 1. The summed E-state index contributed by atoms with van der Waals surface area (Å²) in [4.78, 5) is 19.4. The van der Waals surface area contributed by atoms with Crippen LogP contribution in [-0.2, 0) is 0 Å². The van der Waals surface area contributed by atoms with Crippen molar-refractivity contribution in [1.82, 2.24) is 15.5 Å². The normalized spacial score (nSPS) is 16.1. The van der Waals surface area contributed by atoms with Crippen LogP contribution in [0.5, 0.6) is 0 Å². The quantitative estimate of drug-likeness (QED) is 0.364. The number of amides is 2. The molecular formula is C26H20ClFN4O2. The lowest BCUT2D eigenvalue weighted by atomic mass is 9.94. The second-order valence-electron chi connectivity index (χ2n) is 8.04. The first-order valence-electron chi connectivity index (χ1n) is 10.6. The second kappa shape index (κ2) is 8.76. The van der Waals surface area contributed by atoms with Crippen molar-refractivity contribution in [3.63, 3.8) is 0 Å². The number of urea groups is 1. The van der Waals surface area contributed by atoms with Crippen molar-refractivity contribution < 1.29 is 13.7 Å². The van der Waals surface area contributed by atoms with Crippen LogP contribution in [0.3, 0.4) is 0 Å². The van der Waals surface area contributed by atoms with E-state index in [9.17, 15) is 9.18 Å². The zero-order chi connectivity index (χ0) is 23.8. The minimum absolute atomic E-state index is 0.260. The largest absolute Gasteiger partial charge is 0.334 e. The molecule has 4 aromatic rings. The van der Waals surface area contributed by atoms with Gasteiger partial charge in [-0.25, -0.2) is 9.18 Å². The zero-order valence-electron chi connectivity index (χ0n) is 18.4. The van der Waals surface area contributed by atoms with Crippen molar-refractivity contribution in [2.75, 3.05) is 4.90 Å². The predicted octanol–water partition coefficient (Wildman–Crippen LogP) is 6.54. The number of allylic oxidation sites excluding steroid dienone is 1. The van der Waals surface area contributed by atoms with Crippen molar-refractivity contribution in [2.24, 2.45) is 0 Å². The van der Waals surface area contributed by atoms with Crippen LogP contribution in [0.25, 0.3) is 17.0 Å². The molecule has 2 heterocycles. The van der Waals surface area contributed by atoms with Crippen molar-refractivity contribution >= 4 is 28.9 Å². The number of halogens is 2. The lowest BCUT2D eigenvalue weighted by Gasteiger charge is -2.35. The molecule has 1 N–H and O–H groups in total. The fourth-order valence-corrected chi connectivity index (χ4v) is 4.27. The van der Waals surface area contributed by atoms with E-state index in [1.54, 1.807) is 36.4 Å². The molecule has 1 aliphatic heterocycles. The molecular weight excluding hydrogens is 455 g/mol. The summed E-state index contributed by atoms with van der Waals surface area (Å²) < 4.78 is 19.3. The zero-order valence-corrected chi connectivity index (χ0v) is 19.2. The smallest absolute Gasteiger partial charge is 0.326 e. The molecule has 5 rings (SSSR count). The average molecular weight is 475 g/mol. The van der Waals surface area contributed by atoms with Crippen LogP contribution in [0.15, 0.2) is 83.0 Å². The van der Waals surface area contributed by atoms with E-state index in [1.807, 2.05) is 38.1 Å². The van der Waals surface area contributed by atoms with Crippen LogP contribution in [0, 0.1) is 12.7 Å². The summed E-state index contributed by atoms with van der Waals surface area (Å²) in [5.41, 5.74) is 4.37. The van der Waals surface area contributed by atoms with Crippen molar-refractivity contribution in [1.29, 1.82) is 0 Å². The molecule has 3 aromatic carbocycles. The molecule has 1 aliphatic rings. The maximum absolute atomic E-state index is 13.6. The lowest BCUT2D eigenvalue weighted by molar-refractivity contribution is 0.244. The first kappa shape index (κ1) is 21.9. The van der Waals surface area contributed by atoms with E-state index in [2.05, 4.69) is 15.5 Å². The number of nitrogens with zero attached hydrogens (tertiary/aromatic N) is 3. The highest BCUT2D eigenvalue weighted by Gasteiger charge is 2.36. The van der Waals surface area contributed by atoms with Crippen molar-refractivity contribution in [3.05, 3.63) is 106 Å². The summed E-state index contributed by atoms with van der Waals surface area (Å²) >= 11 is 6.19. The van der Waals surface area contributed by atoms with Gasteiger partial charge < -0.3 is 9.84 Å². The van der Waals surface area contributed by atoms with E-state index >= 15 is 0 Å². The number of aromatic nitrogens is 2. The highest BCUT2D eigenvalue weighted by molar-refractivity contribution is 6.31. The number of aryl methyl sites for hydroxylation is 1. The molecule has 0 saturated carbocycles. The maximum Gasteiger partial charge on any atom is 0.326 e. The van der Waals surface area contributed by atoms with Crippen molar-refractivity contribution in [3.8, 4) is 11.4 Å². The standard InChI is InChI=1S/C26H20ClFN4O2/c1-15-5-3-6-18(13-15)24-30-25(34-31-24)22-16(2)32(21-8-4-7-19(27)14-21)26(33)29-23(22)17-9-11-20(28)12-10-17/h3-14,23H,1-2H3,(H,29,33). The van der Waals surface area contributed by atoms with E-state index < -0.39 is 6.04 Å². The van der Waals surface area contributed by atoms with E-state index in [4.69, 9.17) is 16.1 Å². The summed E-state index contributed by atoms with van der Waals surface area (Å²) in [5.74, 6) is 0.326. The van der Waals surface area contributed by atoms with Gasteiger partial charge in [-0.15, -0.1) is 0 Å². The molecule has 0 fully saturated rings. The summed E-state index contributed by atoms with van der Waals surface area (Å²) in [6.45, 7) is 3.79. The van der Waals surface area contributed by atoms with E-state index in [-0.39, 0.29) is 17.7 Å². The molecule has 0 saturated heterocycles. The number of hydrogen-bond acceptors (Lipinski definition) is 4. The van der Waals surface area contributed by atoms with Crippen LogP contribution >= 0.6 is 11.6 Å². The molecule has 0 bridgehead atoms. The van der Waals surface area contributed by atoms with Crippen LogP contribution in [0.1, 0.15) is 30.0 Å². The Hall–Kier alpha value is -3.97. The second-order valence-corrected chi connectivity index (χ2v) is 8.48. The third kappa shape index (κ3) is 4.06. The molecule has 1 atom stereocenters. The van der Waals surface area contributed by atoms with E-state index in [0.717, 1.165) is 11.1 Å². The number of rotatable bonds is 4. The van der Waals surface area contributed by atoms with Gasteiger partial charge in [0, 0.05) is 16.3 Å². The number of benzene rings is 3. The molecule has 170 valence electrons. The molecule has 0 aliphatic carbocycles. The van der Waals surface area contributed by atoms with E-state index in [1.165, 1.54) is 17.0 Å². The molecule has 0 spiro atoms. The monoisotopic (exact) mass is 474 g/mol. The number of nitrogens with one attached hydrogen (secondary N) is 1. The maximum atomic E-state index is 13.6. The average Bonchev–Trinajstić information content (AvgIpc) is 3.29. The Kier molecular flexibility index (Phi) is 5.63.